The smallest absolute Gasteiger partial charge is 0.326 e. The van der Waals surface area contributed by atoms with E-state index in [0.29, 0.717) is 0 Å². The fourth-order valence-corrected chi connectivity index (χ4v) is 2.91. The molecule has 0 aliphatic rings. The van der Waals surface area contributed by atoms with E-state index in [0.717, 1.165) is 64.2 Å². The van der Waals surface area contributed by atoms with Crippen LogP contribution in [-0.2, 0) is 9.53 Å². The molecule has 22 heavy (non-hydrogen) atoms. The third kappa shape index (κ3) is 7.26. The predicted octanol–water partition coefficient (Wildman–Crippen LogP) is 4.73. The summed E-state index contributed by atoms with van der Waals surface area (Å²) in [4.78, 5) is 14.5. The van der Waals surface area contributed by atoms with Gasteiger partial charge in [-0.05, 0) is 52.6 Å². The van der Waals surface area contributed by atoms with Gasteiger partial charge >= 0.3 is 5.97 Å². The fraction of sp³-hybridized carbons (Fsp3) is 0.737. The van der Waals surface area contributed by atoms with Crippen LogP contribution < -0.4 is 0 Å². The molecular formula is C19H35NO2. The molecule has 0 rings (SSSR count). The molecule has 0 N–H and O–H groups in total. The van der Waals surface area contributed by atoms with Gasteiger partial charge in [-0.2, -0.15) is 0 Å². The summed E-state index contributed by atoms with van der Waals surface area (Å²) in [5.74, 6) is -0.0926. The second-order valence-electron chi connectivity index (χ2n) is 6.19. The lowest BCUT2D eigenvalue weighted by molar-refractivity contribution is -0.155. The minimum absolute atomic E-state index is 0.0926. The maximum atomic E-state index is 12.4. The van der Waals surface area contributed by atoms with Crippen molar-refractivity contribution in [3.63, 3.8) is 0 Å². The maximum absolute atomic E-state index is 12.4. The largest absolute Gasteiger partial charge is 0.468 e. The van der Waals surface area contributed by atoms with Crippen LogP contribution in [0.2, 0.25) is 0 Å². The number of methoxy groups -OCH3 is 1. The number of rotatable bonds is 14. The molecule has 0 aliphatic carbocycles. The van der Waals surface area contributed by atoms with E-state index in [1.165, 1.54) is 7.11 Å². The van der Waals surface area contributed by atoms with Gasteiger partial charge < -0.3 is 4.74 Å². The summed E-state index contributed by atoms with van der Waals surface area (Å²) in [5, 5.41) is 0. The highest BCUT2D eigenvalue weighted by molar-refractivity contribution is 5.80. The number of carbonyl (C=O) groups is 1. The van der Waals surface area contributed by atoms with Gasteiger partial charge in [-0.15, -0.1) is 13.2 Å². The van der Waals surface area contributed by atoms with Gasteiger partial charge in [0.1, 0.15) is 5.54 Å². The van der Waals surface area contributed by atoms with Crippen molar-refractivity contribution in [3.05, 3.63) is 25.3 Å². The Kier molecular flexibility index (Phi) is 11.8. The zero-order valence-corrected chi connectivity index (χ0v) is 14.9. The molecule has 0 saturated carbocycles. The Bertz CT molecular complexity index is 305. The molecule has 0 spiro atoms. The normalized spacial score (nSPS) is 11.5. The number of hydrogen-bond donors (Lipinski definition) is 0. The number of allylic oxidation sites excluding steroid dienone is 2. The molecule has 0 heterocycles. The van der Waals surface area contributed by atoms with Crippen molar-refractivity contribution in [3.8, 4) is 0 Å². The van der Waals surface area contributed by atoms with E-state index in [-0.39, 0.29) is 5.97 Å². The van der Waals surface area contributed by atoms with Crippen LogP contribution in [0.25, 0.3) is 0 Å². The number of hydrogen-bond acceptors (Lipinski definition) is 3. The highest BCUT2D eigenvalue weighted by Crippen LogP contribution is 2.29. The van der Waals surface area contributed by atoms with Crippen molar-refractivity contribution >= 4 is 5.97 Å². The van der Waals surface area contributed by atoms with Crippen molar-refractivity contribution in [2.24, 2.45) is 0 Å². The third-order valence-electron chi connectivity index (χ3n) is 4.42. The van der Waals surface area contributed by atoms with Crippen molar-refractivity contribution < 1.29 is 9.53 Å². The number of likely N-dealkylation sites (N-methyl/N-ethyl adjacent to an activating group) is 1. The Morgan fingerprint density at radius 1 is 0.955 bits per heavy atom. The molecule has 0 saturated heterocycles. The summed E-state index contributed by atoms with van der Waals surface area (Å²) < 4.78 is 5.12. The predicted molar refractivity (Wildman–Crippen MR) is 95.0 cm³/mol. The second kappa shape index (κ2) is 12.5. The zero-order chi connectivity index (χ0) is 16.8. The minimum atomic E-state index is -0.475. The number of ether oxygens (including phenoxy) is 1. The molecule has 3 nitrogen and oxygen atoms in total. The topological polar surface area (TPSA) is 29.5 Å². The molecule has 0 amide bonds. The number of unbranched alkanes of at least 4 members (excludes halogenated alkanes) is 6. The van der Waals surface area contributed by atoms with Crippen molar-refractivity contribution in [1.29, 1.82) is 0 Å². The molecule has 0 aromatic heterocycles. The molecule has 0 unspecified atom stereocenters. The molecule has 128 valence electrons. The average Bonchev–Trinajstić information content (AvgIpc) is 2.51. The van der Waals surface area contributed by atoms with Gasteiger partial charge in [0, 0.05) is 0 Å². The van der Waals surface area contributed by atoms with E-state index in [4.69, 9.17) is 4.74 Å². The molecule has 0 aromatic rings. The van der Waals surface area contributed by atoms with Gasteiger partial charge in [0.25, 0.3) is 0 Å². The quantitative estimate of drug-likeness (QED) is 0.264. The highest BCUT2D eigenvalue weighted by atomic mass is 16.5. The lowest BCUT2D eigenvalue weighted by Gasteiger charge is -2.37. The average molecular weight is 309 g/mol. The maximum Gasteiger partial charge on any atom is 0.326 e. The Hall–Kier alpha value is -1.09. The third-order valence-corrected chi connectivity index (χ3v) is 4.42. The minimum Gasteiger partial charge on any atom is -0.468 e. The number of nitrogens with zero attached hydrogens (tertiary/aromatic N) is 1. The first kappa shape index (κ1) is 20.9. The van der Waals surface area contributed by atoms with Crippen molar-refractivity contribution in [2.45, 2.75) is 69.7 Å². The molecule has 0 aromatic carbocycles. The van der Waals surface area contributed by atoms with Crippen LogP contribution >= 0.6 is 0 Å². The van der Waals surface area contributed by atoms with E-state index in [1.54, 1.807) is 0 Å². The Balaban J connectivity index is 4.60. The van der Waals surface area contributed by atoms with Gasteiger partial charge in [0.05, 0.1) is 7.11 Å². The van der Waals surface area contributed by atoms with Crippen LogP contribution in [0.3, 0.4) is 0 Å². The Labute approximate surface area is 137 Å². The lowest BCUT2D eigenvalue weighted by atomic mass is 9.85. The molecular weight excluding hydrogens is 274 g/mol. The van der Waals surface area contributed by atoms with Crippen LogP contribution in [0.15, 0.2) is 25.3 Å². The van der Waals surface area contributed by atoms with Crippen LogP contribution in [-0.4, -0.2) is 37.6 Å². The zero-order valence-electron chi connectivity index (χ0n) is 14.9. The Morgan fingerprint density at radius 2 is 1.41 bits per heavy atom. The first-order valence-corrected chi connectivity index (χ1v) is 8.52. The van der Waals surface area contributed by atoms with E-state index < -0.39 is 5.54 Å². The van der Waals surface area contributed by atoms with Crippen LogP contribution in [0.5, 0.6) is 0 Å². The first-order chi connectivity index (χ1) is 10.5. The second-order valence-corrected chi connectivity index (χ2v) is 6.19. The number of esters is 1. The molecule has 0 bridgehead atoms. The van der Waals surface area contributed by atoms with Gasteiger partial charge in [0.2, 0.25) is 0 Å². The van der Waals surface area contributed by atoms with E-state index in [1.807, 2.05) is 26.2 Å². The van der Waals surface area contributed by atoms with Gasteiger partial charge in [0.15, 0.2) is 0 Å². The van der Waals surface area contributed by atoms with Crippen molar-refractivity contribution in [2.75, 3.05) is 21.2 Å². The molecule has 3 heteroatoms. The van der Waals surface area contributed by atoms with Gasteiger partial charge in [-0.3, -0.25) is 9.69 Å². The summed E-state index contributed by atoms with van der Waals surface area (Å²) in [6.45, 7) is 7.50. The van der Waals surface area contributed by atoms with E-state index in [2.05, 4.69) is 18.1 Å². The number of carbonyl (C=O) groups excluding carboxylic acids is 1. The first-order valence-electron chi connectivity index (χ1n) is 8.52. The molecule has 0 aliphatic heterocycles. The molecule has 0 radical (unpaired) electrons. The van der Waals surface area contributed by atoms with Crippen LogP contribution in [0.4, 0.5) is 0 Å². The Morgan fingerprint density at radius 3 is 1.73 bits per heavy atom. The van der Waals surface area contributed by atoms with Crippen LogP contribution in [0, 0.1) is 0 Å². The SMILES string of the molecule is C=CCCCCCC(CCCCCC=C)(C(=O)OC)N(C)C. The van der Waals surface area contributed by atoms with Crippen LogP contribution in [0.1, 0.15) is 64.2 Å². The van der Waals surface area contributed by atoms with E-state index in [9.17, 15) is 4.79 Å². The summed E-state index contributed by atoms with van der Waals surface area (Å²) >= 11 is 0. The lowest BCUT2D eigenvalue weighted by Crippen LogP contribution is -2.51. The van der Waals surface area contributed by atoms with E-state index >= 15 is 0 Å². The monoisotopic (exact) mass is 309 g/mol. The van der Waals surface area contributed by atoms with Crippen molar-refractivity contribution in [1.82, 2.24) is 4.90 Å². The molecule has 0 fully saturated rings. The van der Waals surface area contributed by atoms with Gasteiger partial charge in [-0.1, -0.05) is 37.8 Å². The summed E-state index contributed by atoms with van der Waals surface area (Å²) in [7, 11) is 5.48. The highest BCUT2D eigenvalue weighted by Gasteiger charge is 2.40. The summed E-state index contributed by atoms with van der Waals surface area (Å²) in [6, 6.07) is 0. The molecule has 0 atom stereocenters. The summed E-state index contributed by atoms with van der Waals surface area (Å²) in [6.07, 6.45) is 14.4. The fourth-order valence-electron chi connectivity index (χ4n) is 2.91. The standard InChI is InChI=1S/C19H35NO2/c1-6-8-10-12-14-16-19(20(3)4,18(21)22-5)17-15-13-11-9-7-2/h6-7H,1-2,8-17H2,3-5H3. The summed E-state index contributed by atoms with van der Waals surface area (Å²) in [5.41, 5.74) is -0.475. The van der Waals surface area contributed by atoms with Gasteiger partial charge in [-0.25, -0.2) is 0 Å².